The maximum Gasteiger partial charge on any atom is 0.524 e. The maximum atomic E-state index is 11.2. The van der Waals surface area contributed by atoms with Crippen LogP contribution >= 0.6 is 7.82 Å². The Labute approximate surface area is 148 Å². The summed E-state index contributed by atoms with van der Waals surface area (Å²) in [5.41, 5.74) is 2.73. The van der Waals surface area contributed by atoms with E-state index in [1.54, 1.807) is 6.07 Å². The summed E-state index contributed by atoms with van der Waals surface area (Å²) in [6.07, 6.45) is 9.03. The van der Waals surface area contributed by atoms with Crippen LogP contribution in [-0.4, -0.2) is 33.8 Å². The van der Waals surface area contributed by atoms with Crippen molar-refractivity contribution >= 4 is 7.82 Å². The van der Waals surface area contributed by atoms with Gasteiger partial charge in [-0.25, -0.2) is 4.57 Å². The number of hydrogen-bond acceptors (Lipinski definition) is 3. The van der Waals surface area contributed by atoms with Crippen molar-refractivity contribution in [3.8, 4) is 5.75 Å². The number of benzene rings is 1. The highest BCUT2D eigenvalue weighted by atomic mass is 31.2. The summed E-state index contributed by atoms with van der Waals surface area (Å²) in [5, 5.41) is 0. The largest absolute Gasteiger partial charge is 0.524 e. The van der Waals surface area contributed by atoms with Gasteiger partial charge in [0.2, 0.25) is 0 Å². The molecule has 0 radical (unpaired) electrons. The van der Waals surface area contributed by atoms with Crippen LogP contribution in [-0.2, 0) is 16.4 Å². The lowest BCUT2D eigenvalue weighted by molar-refractivity contribution is -0.00515. The summed E-state index contributed by atoms with van der Waals surface area (Å²) in [4.78, 5) is 20.9. The first kappa shape index (κ1) is 17.3. The molecule has 3 aliphatic rings. The van der Waals surface area contributed by atoms with Crippen LogP contribution in [0, 0.1) is 5.92 Å². The number of rotatable bonds is 4. The van der Waals surface area contributed by atoms with Gasteiger partial charge in [-0.2, -0.15) is 0 Å². The van der Waals surface area contributed by atoms with Crippen LogP contribution in [0.5, 0.6) is 5.75 Å². The molecular formula is C19H26NO4P. The lowest BCUT2D eigenvalue weighted by atomic mass is 9.52. The minimum absolute atomic E-state index is 0.141. The predicted molar refractivity (Wildman–Crippen MR) is 96.6 cm³/mol. The minimum atomic E-state index is -4.53. The third-order valence-corrected chi connectivity index (χ3v) is 6.96. The number of phosphoric acid groups is 1. The van der Waals surface area contributed by atoms with Gasteiger partial charge in [0.15, 0.2) is 0 Å². The van der Waals surface area contributed by atoms with E-state index in [-0.39, 0.29) is 11.2 Å². The van der Waals surface area contributed by atoms with Gasteiger partial charge in [0.25, 0.3) is 0 Å². The van der Waals surface area contributed by atoms with Gasteiger partial charge in [-0.15, -0.1) is 6.58 Å². The number of hydrogen-bond donors (Lipinski definition) is 2. The molecule has 2 N–H and O–H groups in total. The third kappa shape index (κ3) is 2.97. The van der Waals surface area contributed by atoms with Crippen molar-refractivity contribution in [2.45, 2.75) is 50.0 Å². The van der Waals surface area contributed by atoms with E-state index in [1.807, 2.05) is 18.2 Å². The van der Waals surface area contributed by atoms with Gasteiger partial charge in [0, 0.05) is 18.0 Å². The summed E-state index contributed by atoms with van der Waals surface area (Å²) in [5.74, 6) is 0.908. The Morgan fingerprint density at radius 1 is 1.36 bits per heavy atom. The zero-order valence-corrected chi connectivity index (χ0v) is 15.3. The van der Waals surface area contributed by atoms with Gasteiger partial charge in [-0.3, -0.25) is 14.7 Å². The van der Waals surface area contributed by atoms with E-state index in [0.29, 0.717) is 12.0 Å². The van der Waals surface area contributed by atoms with E-state index in [9.17, 15) is 4.57 Å². The van der Waals surface area contributed by atoms with Crippen molar-refractivity contribution in [3.63, 3.8) is 0 Å². The van der Waals surface area contributed by atoms with Crippen molar-refractivity contribution in [2.24, 2.45) is 5.92 Å². The normalized spacial score (nSPS) is 31.8. The SMILES string of the molecule is C=CCN1CC[C@]23CCCC[C@H]2[C@H]1Cc1ccc(OP(=O)(O)O)cc13. The van der Waals surface area contributed by atoms with Crippen LogP contribution < -0.4 is 4.52 Å². The molecule has 1 heterocycles. The fourth-order valence-electron chi connectivity index (χ4n) is 5.65. The number of nitrogens with zero attached hydrogens (tertiary/aromatic N) is 1. The predicted octanol–water partition coefficient (Wildman–Crippen LogP) is 3.40. The van der Waals surface area contributed by atoms with Crippen molar-refractivity contribution in [1.29, 1.82) is 0 Å². The minimum Gasteiger partial charge on any atom is -0.404 e. The summed E-state index contributed by atoms with van der Waals surface area (Å²) in [6, 6.07) is 6.17. The van der Waals surface area contributed by atoms with Crippen molar-refractivity contribution in [3.05, 3.63) is 42.0 Å². The molecule has 6 heteroatoms. The molecule has 0 amide bonds. The highest BCUT2D eigenvalue weighted by molar-refractivity contribution is 7.46. The fourth-order valence-corrected chi connectivity index (χ4v) is 6.04. The number of likely N-dealkylation sites (tertiary alicyclic amines) is 1. The number of piperidine rings is 1. The van der Waals surface area contributed by atoms with E-state index in [4.69, 9.17) is 14.3 Å². The molecular weight excluding hydrogens is 337 g/mol. The average molecular weight is 363 g/mol. The monoisotopic (exact) mass is 363 g/mol. The lowest BCUT2D eigenvalue weighted by Crippen LogP contribution is -2.60. The molecule has 1 aromatic rings. The van der Waals surface area contributed by atoms with Crippen LogP contribution in [0.15, 0.2) is 30.9 Å². The smallest absolute Gasteiger partial charge is 0.404 e. The summed E-state index contributed by atoms with van der Waals surface area (Å²) < 4.78 is 16.1. The molecule has 1 saturated heterocycles. The average Bonchev–Trinajstić information content (AvgIpc) is 2.56. The van der Waals surface area contributed by atoms with Gasteiger partial charge in [-0.1, -0.05) is 25.0 Å². The fraction of sp³-hybridized carbons (Fsp3) is 0.579. The Bertz CT molecular complexity index is 730. The first-order valence-electron chi connectivity index (χ1n) is 9.16. The van der Waals surface area contributed by atoms with Gasteiger partial charge in [0.1, 0.15) is 5.75 Å². The molecule has 2 fully saturated rings. The van der Waals surface area contributed by atoms with Gasteiger partial charge >= 0.3 is 7.82 Å². The van der Waals surface area contributed by atoms with Crippen molar-refractivity contribution < 1.29 is 18.9 Å². The summed E-state index contributed by atoms with van der Waals surface area (Å²) >= 11 is 0. The molecule has 136 valence electrons. The number of fused-ring (bicyclic) bond motifs is 1. The van der Waals surface area contributed by atoms with Crippen LogP contribution in [0.2, 0.25) is 0 Å². The van der Waals surface area contributed by atoms with E-state index < -0.39 is 7.82 Å². The highest BCUT2D eigenvalue weighted by Gasteiger charge is 2.53. The van der Waals surface area contributed by atoms with E-state index >= 15 is 0 Å². The molecule has 2 bridgehead atoms. The van der Waals surface area contributed by atoms with Crippen LogP contribution in [0.4, 0.5) is 0 Å². The lowest BCUT2D eigenvalue weighted by Gasteiger charge is -2.59. The van der Waals surface area contributed by atoms with Crippen LogP contribution in [0.1, 0.15) is 43.2 Å². The second-order valence-corrected chi connectivity index (χ2v) is 8.88. The molecule has 1 saturated carbocycles. The highest BCUT2D eigenvalue weighted by Crippen LogP contribution is 2.56. The van der Waals surface area contributed by atoms with Crippen LogP contribution in [0.3, 0.4) is 0 Å². The molecule has 0 aromatic heterocycles. The molecule has 3 atom stereocenters. The zero-order chi connectivity index (χ0) is 17.7. The molecule has 1 aliphatic heterocycles. The quantitative estimate of drug-likeness (QED) is 0.634. The van der Waals surface area contributed by atoms with Crippen molar-refractivity contribution in [2.75, 3.05) is 13.1 Å². The van der Waals surface area contributed by atoms with Crippen molar-refractivity contribution in [1.82, 2.24) is 4.90 Å². The van der Waals surface area contributed by atoms with Gasteiger partial charge < -0.3 is 4.52 Å². The van der Waals surface area contributed by atoms with E-state index in [1.165, 1.54) is 36.8 Å². The molecule has 4 rings (SSSR count). The van der Waals surface area contributed by atoms with Gasteiger partial charge in [-0.05, 0) is 61.4 Å². The Balaban J connectivity index is 1.77. The second kappa shape index (κ2) is 6.24. The van der Waals surface area contributed by atoms with Gasteiger partial charge in [0.05, 0.1) is 0 Å². The molecule has 5 nitrogen and oxygen atoms in total. The zero-order valence-electron chi connectivity index (χ0n) is 14.4. The van der Waals surface area contributed by atoms with Crippen LogP contribution in [0.25, 0.3) is 0 Å². The Hall–Kier alpha value is -1.13. The van der Waals surface area contributed by atoms with E-state index in [0.717, 1.165) is 25.9 Å². The Morgan fingerprint density at radius 2 is 2.20 bits per heavy atom. The topological polar surface area (TPSA) is 70.0 Å². The molecule has 25 heavy (non-hydrogen) atoms. The van der Waals surface area contributed by atoms with E-state index in [2.05, 4.69) is 11.5 Å². The maximum absolute atomic E-state index is 11.2. The molecule has 0 spiro atoms. The standard InChI is InChI=1S/C19H26NO4P/c1-2-10-20-11-9-19-8-4-3-5-16(19)18(20)12-14-6-7-15(13-17(14)19)24-25(21,22)23/h2,6-7,13,16,18H,1,3-5,8-12H2,(H2,21,22,23)/t16-,18+,19+/m0/s1. The molecule has 0 unspecified atom stereocenters. The second-order valence-electron chi connectivity index (χ2n) is 7.71. The first-order chi connectivity index (χ1) is 11.9. The summed E-state index contributed by atoms with van der Waals surface area (Å²) in [6.45, 7) is 5.92. The molecule has 2 aliphatic carbocycles. The summed E-state index contributed by atoms with van der Waals surface area (Å²) in [7, 11) is -4.53. The first-order valence-corrected chi connectivity index (χ1v) is 10.7. The number of phosphoric ester groups is 1. The Morgan fingerprint density at radius 3 is 2.96 bits per heavy atom. The molecule has 1 aromatic carbocycles. The third-order valence-electron chi connectivity index (χ3n) is 6.51. The Kier molecular flexibility index (Phi) is 4.32.